The number of nitrogens with one attached hydrogen (secondary N) is 1. The number of likely N-dealkylation sites (N-methyl/N-ethyl adjacent to an activating group) is 1. The highest BCUT2D eigenvalue weighted by atomic mass is 16.5. The van der Waals surface area contributed by atoms with E-state index in [1.165, 1.54) is 6.92 Å². The van der Waals surface area contributed by atoms with Gasteiger partial charge in [0.1, 0.15) is 12.4 Å². The maximum atomic E-state index is 12.6. The highest BCUT2D eigenvalue weighted by Gasteiger charge is 2.13. The third-order valence-corrected chi connectivity index (χ3v) is 3.92. The predicted molar refractivity (Wildman–Crippen MR) is 99.1 cm³/mol. The standard InChI is InChI=1S/C20H24N2O3/c1-14-9-10-17(13-18(14)21-16(3)23)20(24)22(4)11-12-25-19-8-6-5-7-15(19)2/h5-10,13H,11-12H2,1-4H3,(H,21,23). The number of hydrogen-bond donors (Lipinski definition) is 1. The van der Waals surface area contributed by atoms with Crippen LogP contribution in [0.25, 0.3) is 0 Å². The van der Waals surface area contributed by atoms with Gasteiger partial charge < -0.3 is 15.0 Å². The maximum Gasteiger partial charge on any atom is 0.253 e. The molecular formula is C20H24N2O3. The van der Waals surface area contributed by atoms with Crippen LogP contribution in [0.15, 0.2) is 42.5 Å². The van der Waals surface area contributed by atoms with E-state index < -0.39 is 0 Å². The maximum absolute atomic E-state index is 12.6. The molecule has 0 unspecified atom stereocenters. The van der Waals surface area contributed by atoms with Gasteiger partial charge in [-0.2, -0.15) is 0 Å². The molecule has 2 rings (SSSR count). The first-order valence-electron chi connectivity index (χ1n) is 8.20. The van der Waals surface area contributed by atoms with E-state index in [1.807, 2.05) is 44.2 Å². The van der Waals surface area contributed by atoms with Crippen LogP contribution in [0.2, 0.25) is 0 Å². The number of rotatable bonds is 6. The lowest BCUT2D eigenvalue weighted by molar-refractivity contribution is -0.114. The van der Waals surface area contributed by atoms with Crippen molar-refractivity contribution < 1.29 is 14.3 Å². The second-order valence-electron chi connectivity index (χ2n) is 6.05. The lowest BCUT2D eigenvalue weighted by atomic mass is 10.1. The van der Waals surface area contributed by atoms with Crippen molar-refractivity contribution in [1.82, 2.24) is 4.90 Å². The molecule has 0 saturated carbocycles. The topological polar surface area (TPSA) is 58.6 Å². The molecule has 5 heteroatoms. The van der Waals surface area contributed by atoms with Gasteiger partial charge in [0.05, 0.1) is 6.54 Å². The average molecular weight is 340 g/mol. The Balaban J connectivity index is 1.97. The molecule has 0 saturated heterocycles. The van der Waals surface area contributed by atoms with Gasteiger partial charge in [-0.15, -0.1) is 0 Å². The second kappa shape index (κ2) is 8.33. The minimum atomic E-state index is -0.160. The van der Waals surface area contributed by atoms with Crippen LogP contribution in [-0.4, -0.2) is 36.9 Å². The van der Waals surface area contributed by atoms with Crippen LogP contribution >= 0.6 is 0 Å². The highest BCUT2D eigenvalue weighted by molar-refractivity contribution is 5.97. The summed E-state index contributed by atoms with van der Waals surface area (Å²) in [5.41, 5.74) is 3.17. The van der Waals surface area contributed by atoms with Crippen LogP contribution < -0.4 is 10.1 Å². The van der Waals surface area contributed by atoms with E-state index >= 15 is 0 Å². The Morgan fingerprint density at radius 2 is 1.80 bits per heavy atom. The number of hydrogen-bond acceptors (Lipinski definition) is 3. The summed E-state index contributed by atoms with van der Waals surface area (Å²) in [6.45, 7) is 6.20. The fraction of sp³-hybridized carbons (Fsp3) is 0.300. The number of ether oxygens (including phenoxy) is 1. The molecule has 2 aromatic carbocycles. The Morgan fingerprint density at radius 3 is 2.48 bits per heavy atom. The molecule has 0 aromatic heterocycles. The molecule has 25 heavy (non-hydrogen) atoms. The average Bonchev–Trinajstić information content (AvgIpc) is 2.57. The van der Waals surface area contributed by atoms with Crippen LogP contribution in [0.3, 0.4) is 0 Å². The van der Waals surface area contributed by atoms with Gasteiger partial charge in [0, 0.05) is 25.2 Å². The first-order chi connectivity index (χ1) is 11.9. The molecule has 0 fully saturated rings. The summed E-state index contributed by atoms with van der Waals surface area (Å²) in [6, 6.07) is 13.1. The molecule has 0 heterocycles. The Bertz CT molecular complexity index is 771. The van der Waals surface area contributed by atoms with Gasteiger partial charge in [0.2, 0.25) is 5.91 Å². The minimum absolute atomic E-state index is 0.111. The summed E-state index contributed by atoms with van der Waals surface area (Å²) >= 11 is 0. The Labute approximate surface area is 148 Å². The number of carbonyl (C=O) groups excluding carboxylic acids is 2. The Morgan fingerprint density at radius 1 is 1.08 bits per heavy atom. The number of nitrogens with zero attached hydrogens (tertiary/aromatic N) is 1. The van der Waals surface area contributed by atoms with Crippen LogP contribution in [0.4, 0.5) is 5.69 Å². The minimum Gasteiger partial charge on any atom is -0.491 e. The van der Waals surface area contributed by atoms with E-state index in [1.54, 1.807) is 24.1 Å². The normalized spacial score (nSPS) is 10.2. The van der Waals surface area contributed by atoms with Gasteiger partial charge in [0.25, 0.3) is 5.91 Å². The predicted octanol–water partition coefficient (Wildman–Crippen LogP) is 3.41. The van der Waals surface area contributed by atoms with Gasteiger partial charge in [-0.25, -0.2) is 0 Å². The van der Waals surface area contributed by atoms with Crippen molar-refractivity contribution in [3.05, 3.63) is 59.2 Å². The molecule has 0 aliphatic heterocycles. The molecule has 0 atom stereocenters. The molecule has 5 nitrogen and oxygen atoms in total. The van der Waals surface area contributed by atoms with Crippen LogP contribution in [0, 0.1) is 13.8 Å². The zero-order valence-electron chi connectivity index (χ0n) is 15.1. The fourth-order valence-electron chi connectivity index (χ4n) is 2.41. The molecule has 2 aromatic rings. The molecule has 1 N–H and O–H groups in total. The number of anilines is 1. The summed E-state index contributed by atoms with van der Waals surface area (Å²) in [4.78, 5) is 25.4. The van der Waals surface area contributed by atoms with E-state index in [0.717, 1.165) is 16.9 Å². The van der Waals surface area contributed by atoms with Crippen LogP contribution in [0.5, 0.6) is 5.75 Å². The Kier molecular flexibility index (Phi) is 6.17. The first-order valence-corrected chi connectivity index (χ1v) is 8.20. The van der Waals surface area contributed by atoms with E-state index in [0.29, 0.717) is 24.4 Å². The van der Waals surface area contributed by atoms with Gasteiger partial charge in [-0.3, -0.25) is 9.59 Å². The van der Waals surface area contributed by atoms with E-state index in [2.05, 4.69) is 5.32 Å². The molecule has 132 valence electrons. The third-order valence-electron chi connectivity index (χ3n) is 3.92. The summed E-state index contributed by atoms with van der Waals surface area (Å²) < 4.78 is 5.74. The smallest absolute Gasteiger partial charge is 0.253 e. The molecule has 2 amide bonds. The van der Waals surface area contributed by atoms with Crippen molar-refractivity contribution in [1.29, 1.82) is 0 Å². The molecule has 0 aliphatic carbocycles. The second-order valence-corrected chi connectivity index (χ2v) is 6.05. The van der Waals surface area contributed by atoms with Gasteiger partial charge in [-0.1, -0.05) is 24.3 Å². The SMILES string of the molecule is CC(=O)Nc1cc(C(=O)N(C)CCOc2ccccc2C)ccc1C. The summed E-state index contributed by atoms with van der Waals surface area (Å²) in [6.07, 6.45) is 0. The number of para-hydroxylation sites is 1. The fourth-order valence-corrected chi connectivity index (χ4v) is 2.41. The largest absolute Gasteiger partial charge is 0.491 e. The first kappa shape index (κ1) is 18.5. The van der Waals surface area contributed by atoms with Gasteiger partial charge in [-0.05, 0) is 43.2 Å². The van der Waals surface area contributed by atoms with Gasteiger partial charge in [0.15, 0.2) is 0 Å². The van der Waals surface area contributed by atoms with Crippen molar-refractivity contribution >= 4 is 17.5 Å². The zero-order chi connectivity index (χ0) is 18.4. The molecule has 0 radical (unpaired) electrons. The quantitative estimate of drug-likeness (QED) is 0.877. The van der Waals surface area contributed by atoms with Crippen molar-refractivity contribution in [2.75, 3.05) is 25.5 Å². The zero-order valence-corrected chi connectivity index (χ0v) is 15.1. The summed E-state index contributed by atoms with van der Waals surface area (Å²) in [5, 5.41) is 2.74. The van der Waals surface area contributed by atoms with E-state index in [4.69, 9.17) is 4.74 Å². The van der Waals surface area contributed by atoms with Crippen molar-refractivity contribution in [3.8, 4) is 5.75 Å². The number of aryl methyl sites for hydroxylation is 2. The molecular weight excluding hydrogens is 316 g/mol. The van der Waals surface area contributed by atoms with Crippen molar-refractivity contribution in [3.63, 3.8) is 0 Å². The van der Waals surface area contributed by atoms with Crippen LogP contribution in [-0.2, 0) is 4.79 Å². The number of amides is 2. The Hall–Kier alpha value is -2.82. The van der Waals surface area contributed by atoms with Crippen molar-refractivity contribution in [2.24, 2.45) is 0 Å². The van der Waals surface area contributed by atoms with Gasteiger partial charge >= 0.3 is 0 Å². The lowest BCUT2D eigenvalue weighted by Gasteiger charge is -2.19. The number of benzene rings is 2. The molecule has 0 bridgehead atoms. The van der Waals surface area contributed by atoms with Crippen molar-refractivity contribution in [2.45, 2.75) is 20.8 Å². The summed E-state index contributed by atoms with van der Waals surface area (Å²) in [7, 11) is 1.74. The summed E-state index contributed by atoms with van der Waals surface area (Å²) in [5.74, 6) is 0.555. The monoisotopic (exact) mass is 340 g/mol. The molecule has 0 spiro atoms. The van der Waals surface area contributed by atoms with E-state index in [9.17, 15) is 9.59 Å². The number of carbonyl (C=O) groups is 2. The lowest BCUT2D eigenvalue weighted by Crippen LogP contribution is -2.31. The third kappa shape index (κ3) is 5.08. The molecule has 0 aliphatic rings. The van der Waals surface area contributed by atoms with E-state index in [-0.39, 0.29) is 11.8 Å². The van der Waals surface area contributed by atoms with Crippen LogP contribution in [0.1, 0.15) is 28.4 Å². The highest BCUT2D eigenvalue weighted by Crippen LogP contribution is 2.18.